The molecular formula is C21H25N3O3. The maximum absolute atomic E-state index is 12.6. The van der Waals surface area contributed by atoms with Crippen molar-refractivity contribution < 1.29 is 14.8 Å². The summed E-state index contributed by atoms with van der Waals surface area (Å²) in [5.74, 6) is -0.888. The fourth-order valence-corrected chi connectivity index (χ4v) is 3.52. The summed E-state index contributed by atoms with van der Waals surface area (Å²) in [6.45, 7) is 1.38. The van der Waals surface area contributed by atoms with Crippen LogP contribution in [0.25, 0.3) is 11.1 Å². The minimum Gasteiger partial charge on any atom is -0.366 e. The normalized spacial score (nSPS) is 17.0. The zero-order valence-electron chi connectivity index (χ0n) is 15.5. The van der Waals surface area contributed by atoms with Crippen LogP contribution in [-0.4, -0.2) is 53.2 Å². The zero-order valence-corrected chi connectivity index (χ0v) is 15.5. The Morgan fingerprint density at radius 2 is 1.89 bits per heavy atom. The van der Waals surface area contributed by atoms with Crippen molar-refractivity contribution in [2.24, 2.45) is 5.73 Å². The minimum absolute atomic E-state index is 0.311. The van der Waals surface area contributed by atoms with Crippen LogP contribution in [0.4, 0.5) is 0 Å². The number of likely N-dealkylation sites (tertiary alicyclic amines) is 1. The van der Waals surface area contributed by atoms with Crippen LogP contribution in [0.15, 0.2) is 48.5 Å². The van der Waals surface area contributed by atoms with Gasteiger partial charge in [-0.05, 0) is 68.2 Å². The first-order chi connectivity index (χ1) is 13.0. The molecule has 2 amide bonds. The monoisotopic (exact) mass is 367 g/mol. The highest BCUT2D eigenvalue weighted by atomic mass is 16.5. The Hall–Kier alpha value is -2.70. The molecule has 1 atom stereocenters. The number of hydroxylamine groups is 2. The van der Waals surface area contributed by atoms with Crippen molar-refractivity contribution in [3.8, 4) is 11.1 Å². The average Bonchev–Trinajstić information content (AvgIpc) is 3.10. The summed E-state index contributed by atoms with van der Waals surface area (Å²) >= 11 is 0. The summed E-state index contributed by atoms with van der Waals surface area (Å²) < 4.78 is 0. The molecule has 3 rings (SSSR count). The van der Waals surface area contributed by atoms with E-state index in [-0.39, 0.29) is 0 Å². The molecule has 6 heteroatoms. The predicted octanol–water partition coefficient (Wildman–Crippen LogP) is 2.77. The van der Waals surface area contributed by atoms with Crippen LogP contribution in [0.5, 0.6) is 0 Å². The number of benzene rings is 2. The molecule has 0 radical (unpaired) electrons. The molecule has 0 spiro atoms. The molecule has 6 nitrogen and oxygen atoms in total. The molecule has 1 fully saturated rings. The molecule has 1 aliphatic heterocycles. The van der Waals surface area contributed by atoms with Crippen LogP contribution in [0.3, 0.4) is 0 Å². The molecule has 27 heavy (non-hydrogen) atoms. The van der Waals surface area contributed by atoms with Crippen molar-refractivity contribution in [1.82, 2.24) is 9.96 Å². The van der Waals surface area contributed by atoms with E-state index in [2.05, 4.69) is 11.9 Å². The fourth-order valence-electron chi connectivity index (χ4n) is 3.52. The Morgan fingerprint density at radius 3 is 2.52 bits per heavy atom. The van der Waals surface area contributed by atoms with Gasteiger partial charge < -0.3 is 10.6 Å². The van der Waals surface area contributed by atoms with Crippen molar-refractivity contribution in [2.45, 2.75) is 25.3 Å². The Bertz CT molecular complexity index is 820. The Morgan fingerprint density at radius 1 is 1.15 bits per heavy atom. The lowest BCUT2D eigenvalue weighted by Crippen LogP contribution is -2.33. The van der Waals surface area contributed by atoms with Crippen LogP contribution < -0.4 is 5.73 Å². The molecule has 1 saturated heterocycles. The number of primary amides is 1. The van der Waals surface area contributed by atoms with Gasteiger partial charge in [0, 0.05) is 17.2 Å². The second-order valence-corrected chi connectivity index (χ2v) is 7.02. The summed E-state index contributed by atoms with van der Waals surface area (Å²) in [6, 6.07) is 14.4. The van der Waals surface area contributed by atoms with Crippen molar-refractivity contribution in [3.63, 3.8) is 0 Å². The Labute approximate surface area is 159 Å². The third-order valence-corrected chi connectivity index (χ3v) is 5.19. The van der Waals surface area contributed by atoms with Crippen molar-refractivity contribution in [1.29, 1.82) is 0 Å². The molecule has 142 valence electrons. The van der Waals surface area contributed by atoms with E-state index in [9.17, 15) is 14.8 Å². The van der Waals surface area contributed by atoms with Gasteiger partial charge in [0.25, 0.3) is 5.91 Å². The second kappa shape index (κ2) is 8.33. The Kier molecular flexibility index (Phi) is 5.88. The van der Waals surface area contributed by atoms with E-state index < -0.39 is 11.8 Å². The van der Waals surface area contributed by atoms with Crippen LogP contribution in [0, 0.1) is 0 Å². The molecule has 1 unspecified atom stereocenters. The lowest BCUT2D eigenvalue weighted by atomic mass is 10.0. The van der Waals surface area contributed by atoms with E-state index in [4.69, 9.17) is 5.73 Å². The van der Waals surface area contributed by atoms with Crippen LogP contribution in [0.1, 0.15) is 40.0 Å². The standard InChI is InChI=1S/C21H25N3O3/c1-23-12-3-6-19(23)11-13-24(27)21(26)18-5-2-4-17(14-18)15-7-9-16(10-8-15)20(22)25/h2,4-5,7-10,14,19,27H,3,6,11-13H2,1H3,(H2,22,25). The van der Waals surface area contributed by atoms with Crippen LogP contribution >= 0.6 is 0 Å². The minimum atomic E-state index is -0.477. The molecule has 1 heterocycles. The number of rotatable bonds is 6. The van der Waals surface area contributed by atoms with E-state index in [1.807, 2.05) is 6.07 Å². The largest absolute Gasteiger partial charge is 0.366 e. The Balaban J connectivity index is 1.68. The SMILES string of the molecule is CN1CCCC1CCN(O)C(=O)c1cccc(-c2ccc(C(N)=O)cc2)c1. The van der Waals surface area contributed by atoms with Crippen LogP contribution in [-0.2, 0) is 0 Å². The van der Waals surface area contributed by atoms with Gasteiger partial charge in [0.05, 0.1) is 6.54 Å². The smallest absolute Gasteiger partial charge is 0.277 e. The maximum atomic E-state index is 12.6. The molecular weight excluding hydrogens is 342 g/mol. The third-order valence-electron chi connectivity index (χ3n) is 5.19. The number of amides is 2. The first-order valence-corrected chi connectivity index (χ1v) is 9.17. The topological polar surface area (TPSA) is 86.9 Å². The molecule has 0 bridgehead atoms. The van der Waals surface area contributed by atoms with Gasteiger partial charge in [-0.25, -0.2) is 5.06 Å². The molecule has 0 saturated carbocycles. The second-order valence-electron chi connectivity index (χ2n) is 7.02. The molecule has 2 aromatic carbocycles. The van der Waals surface area contributed by atoms with Gasteiger partial charge in [0.15, 0.2) is 0 Å². The summed E-state index contributed by atoms with van der Waals surface area (Å²) in [4.78, 5) is 26.0. The van der Waals surface area contributed by atoms with Gasteiger partial charge in [0.1, 0.15) is 0 Å². The highest BCUT2D eigenvalue weighted by Gasteiger charge is 2.22. The third kappa shape index (κ3) is 4.53. The molecule has 0 aliphatic carbocycles. The average molecular weight is 367 g/mol. The number of nitrogens with two attached hydrogens (primary N) is 1. The summed E-state index contributed by atoms with van der Waals surface area (Å²) in [5.41, 5.74) is 7.82. The quantitative estimate of drug-likeness (QED) is 0.607. The van der Waals surface area contributed by atoms with E-state index in [1.54, 1.807) is 42.5 Å². The van der Waals surface area contributed by atoms with Gasteiger partial charge in [-0.1, -0.05) is 24.3 Å². The number of nitrogens with zero attached hydrogens (tertiary/aromatic N) is 2. The van der Waals surface area contributed by atoms with E-state index >= 15 is 0 Å². The van der Waals surface area contributed by atoms with Gasteiger partial charge in [0.2, 0.25) is 5.91 Å². The van der Waals surface area contributed by atoms with Crippen molar-refractivity contribution >= 4 is 11.8 Å². The van der Waals surface area contributed by atoms with E-state index in [0.717, 1.165) is 42.0 Å². The first kappa shape index (κ1) is 19.1. The zero-order chi connectivity index (χ0) is 19.4. The molecule has 3 N–H and O–H groups in total. The highest BCUT2D eigenvalue weighted by molar-refractivity contribution is 5.95. The van der Waals surface area contributed by atoms with E-state index in [0.29, 0.717) is 23.7 Å². The summed E-state index contributed by atoms with van der Waals surface area (Å²) in [6.07, 6.45) is 3.03. The fraction of sp³-hybridized carbons (Fsp3) is 0.333. The lowest BCUT2D eigenvalue weighted by Gasteiger charge is -2.22. The van der Waals surface area contributed by atoms with Gasteiger partial charge in [-0.2, -0.15) is 0 Å². The lowest BCUT2D eigenvalue weighted by molar-refractivity contribution is -0.0611. The van der Waals surface area contributed by atoms with Crippen LogP contribution in [0.2, 0.25) is 0 Å². The van der Waals surface area contributed by atoms with Crippen molar-refractivity contribution in [3.05, 3.63) is 59.7 Å². The summed E-state index contributed by atoms with van der Waals surface area (Å²) in [7, 11) is 2.08. The summed E-state index contributed by atoms with van der Waals surface area (Å²) in [5, 5.41) is 11.0. The van der Waals surface area contributed by atoms with Gasteiger partial charge in [-0.15, -0.1) is 0 Å². The highest BCUT2D eigenvalue weighted by Crippen LogP contribution is 2.22. The first-order valence-electron chi connectivity index (χ1n) is 9.17. The number of carbonyl (C=O) groups is 2. The van der Waals surface area contributed by atoms with Gasteiger partial charge in [-0.3, -0.25) is 14.8 Å². The number of hydrogen-bond donors (Lipinski definition) is 2. The van der Waals surface area contributed by atoms with E-state index in [1.165, 1.54) is 0 Å². The molecule has 1 aliphatic rings. The van der Waals surface area contributed by atoms with Gasteiger partial charge >= 0.3 is 0 Å². The number of carbonyl (C=O) groups excluding carboxylic acids is 2. The number of hydrogen-bond acceptors (Lipinski definition) is 4. The predicted molar refractivity (Wildman–Crippen MR) is 103 cm³/mol. The van der Waals surface area contributed by atoms with Crippen molar-refractivity contribution in [2.75, 3.05) is 20.1 Å². The molecule has 0 aromatic heterocycles. The molecule has 2 aromatic rings. The maximum Gasteiger partial charge on any atom is 0.277 e.